The van der Waals surface area contributed by atoms with Gasteiger partial charge >= 0.3 is 0 Å². The number of hydrogen-bond donors (Lipinski definition) is 4. The molecule has 1 saturated heterocycles. The van der Waals surface area contributed by atoms with Crippen LogP contribution in [0.4, 0.5) is 0 Å². The summed E-state index contributed by atoms with van der Waals surface area (Å²) >= 11 is 0. The van der Waals surface area contributed by atoms with Crippen LogP contribution in [0.25, 0.3) is 0 Å². The van der Waals surface area contributed by atoms with Crippen LogP contribution in [0.5, 0.6) is 0 Å². The number of primary amides is 1. The fourth-order valence-corrected chi connectivity index (χ4v) is 5.92. The number of rotatable bonds is 14. The minimum absolute atomic E-state index is 0.0293. The summed E-state index contributed by atoms with van der Waals surface area (Å²) in [5, 5.41) is 9.43. The van der Waals surface area contributed by atoms with Gasteiger partial charge in [0.15, 0.2) is 0 Å². The van der Waals surface area contributed by atoms with E-state index in [0.717, 1.165) is 12.1 Å². The summed E-state index contributed by atoms with van der Waals surface area (Å²) in [5.41, 5.74) is 6.56. The van der Waals surface area contributed by atoms with Crippen LogP contribution in [0.2, 0.25) is 0 Å². The van der Waals surface area contributed by atoms with Gasteiger partial charge in [-0.3, -0.25) is 19.2 Å². The Bertz CT molecular complexity index is 995. The Morgan fingerprint density at radius 2 is 1.70 bits per heavy atom. The predicted molar refractivity (Wildman–Crippen MR) is 156 cm³/mol. The van der Waals surface area contributed by atoms with Crippen molar-refractivity contribution in [2.24, 2.45) is 23.5 Å². The molecule has 1 aliphatic carbocycles. The third-order valence-corrected chi connectivity index (χ3v) is 8.71. The zero-order valence-electron chi connectivity index (χ0n) is 24.7. The highest BCUT2D eigenvalue weighted by Gasteiger charge is 2.43. The second-order valence-electron chi connectivity index (χ2n) is 12.0. The number of ketones is 1. The molecule has 1 aliphatic heterocycles. The van der Waals surface area contributed by atoms with Gasteiger partial charge in [-0.15, -0.1) is 0 Å². The summed E-state index contributed by atoms with van der Waals surface area (Å²) in [7, 11) is 1.72. The summed E-state index contributed by atoms with van der Waals surface area (Å²) in [4.78, 5) is 54.3. The van der Waals surface area contributed by atoms with Crippen molar-refractivity contribution in [3.63, 3.8) is 0 Å². The van der Waals surface area contributed by atoms with Crippen molar-refractivity contribution in [1.29, 1.82) is 0 Å². The molecule has 3 amide bonds. The van der Waals surface area contributed by atoms with Crippen LogP contribution in [-0.2, 0) is 25.6 Å². The van der Waals surface area contributed by atoms with Crippen LogP contribution >= 0.6 is 0 Å². The van der Waals surface area contributed by atoms with E-state index in [9.17, 15) is 19.2 Å². The standard InChI is InChI=1S/C31H49N5O4/c1-20(2)25(17-28(37)21(3)33-4)31(40)36-19-24(34-18-23-13-9-6-10-14-23)16-27(36)30(39)35-26(29(32)38)15-22-11-7-5-8-12-22/h5,7-8,11-12,20-21,23-27,33-34H,6,9-10,13-19H2,1-4H3,(H2,32,38)(H,35,39)/t21-,24-,25-,26-,27-/m0/s1. The number of carbonyl (C=O) groups is 4. The van der Waals surface area contributed by atoms with Crippen LogP contribution in [0.3, 0.4) is 0 Å². The highest BCUT2D eigenvalue weighted by molar-refractivity contribution is 5.94. The second-order valence-corrected chi connectivity index (χ2v) is 12.0. The number of likely N-dealkylation sites (tertiary alicyclic amines) is 1. The van der Waals surface area contributed by atoms with E-state index in [-0.39, 0.29) is 48.4 Å². The van der Waals surface area contributed by atoms with E-state index < -0.39 is 23.9 Å². The van der Waals surface area contributed by atoms with Crippen LogP contribution < -0.4 is 21.7 Å². The Hall–Kier alpha value is -2.78. The minimum atomic E-state index is -0.889. The SMILES string of the molecule is CN[C@@H](C)C(=O)C[C@H](C(=O)N1C[C@@H](NCC2CCCCC2)C[C@H]1C(=O)N[C@@H](Cc1ccccc1)C(N)=O)C(C)C. The molecular weight excluding hydrogens is 506 g/mol. The van der Waals surface area contributed by atoms with Crippen molar-refractivity contribution in [2.45, 2.75) is 96.3 Å². The normalized spacial score (nSPS) is 22.1. The van der Waals surface area contributed by atoms with E-state index in [1.807, 2.05) is 44.2 Å². The first kappa shape index (κ1) is 31.7. The lowest BCUT2D eigenvalue weighted by Gasteiger charge is -2.31. The quantitative estimate of drug-likeness (QED) is 0.278. The number of Topliss-reactive ketones (excluding diaryl/α,β-unsaturated/α-hetero) is 1. The lowest BCUT2D eigenvalue weighted by molar-refractivity contribution is -0.144. The van der Waals surface area contributed by atoms with E-state index >= 15 is 0 Å². The summed E-state index contributed by atoms with van der Waals surface area (Å²) in [6.07, 6.45) is 7.02. The number of nitrogens with one attached hydrogen (secondary N) is 3. The minimum Gasteiger partial charge on any atom is -0.368 e. The molecule has 0 aromatic heterocycles. The maximum Gasteiger partial charge on any atom is 0.243 e. The molecule has 9 heteroatoms. The van der Waals surface area contributed by atoms with Gasteiger partial charge in [0.25, 0.3) is 0 Å². The summed E-state index contributed by atoms with van der Waals surface area (Å²) in [6.45, 7) is 6.92. The zero-order valence-corrected chi connectivity index (χ0v) is 24.7. The average molecular weight is 556 g/mol. The largest absolute Gasteiger partial charge is 0.368 e. The van der Waals surface area contributed by atoms with Crippen LogP contribution in [0.15, 0.2) is 30.3 Å². The molecule has 5 N–H and O–H groups in total. The summed E-state index contributed by atoms with van der Waals surface area (Å²) in [5.74, 6) is -1.22. The van der Waals surface area contributed by atoms with Crippen LogP contribution in [0, 0.1) is 17.8 Å². The highest BCUT2D eigenvalue weighted by Crippen LogP contribution is 2.28. The maximum atomic E-state index is 14.0. The van der Waals surface area contributed by atoms with Gasteiger partial charge in [0, 0.05) is 31.3 Å². The topological polar surface area (TPSA) is 134 Å². The first-order chi connectivity index (χ1) is 19.1. The van der Waals surface area contributed by atoms with Gasteiger partial charge in [0.1, 0.15) is 17.9 Å². The molecule has 9 nitrogen and oxygen atoms in total. The lowest BCUT2D eigenvalue weighted by Crippen LogP contribution is -2.54. The molecule has 1 aromatic rings. The molecule has 0 bridgehead atoms. The number of benzene rings is 1. The van der Waals surface area contributed by atoms with E-state index in [4.69, 9.17) is 5.73 Å². The van der Waals surface area contributed by atoms with Crippen LogP contribution in [0.1, 0.15) is 71.3 Å². The number of amides is 3. The van der Waals surface area contributed by atoms with E-state index in [2.05, 4.69) is 16.0 Å². The van der Waals surface area contributed by atoms with Gasteiger partial charge in [0.05, 0.1) is 6.04 Å². The van der Waals surface area contributed by atoms with Crippen molar-refractivity contribution in [3.8, 4) is 0 Å². The number of hydrogen-bond acceptors (Lipinski definition) is 6. The second kappa shape index (κ2) is 15.3. The number of nitrogens with two attached hydrogens (primary N) is 1. The van der Waals surface area contributed by atoms with Gasteiger partial charge in [-0.05, 0) is 57.2 Å². The lowest BCUT2D eigenvalue weighted by atomic mass is 9.87. The summed E-state index contributed by atoms with van der Waals surface area (Å²) in [6, 6.07) is 7.37. The Kier molecular flexibility index (Phi) is 12.1. The molecule has 0 radical (unpaired) electrons. The third kappa shape index (κ3) is 8.86. The molecule has 5 atom stereocenters. The summed E-state index contributed by atoms with van der Waals surface area (Å²) < 4.78 is 0. The average Bonchev–Trinajstić information content (AvgIpc) is 3.39. The first-order valence-electron chi connectivity index (χ1n) is 15.0. The highest BCUT2D eigenvalue weighted by atomic mass is 16.2. The fraction of sp³-hybridized carbons (Fsp3) is 0.677. The molecule has 40 heavy (non-hydrogen) atoms. The van der Waals surface area contributed by atoms with Crippen molar-refractivity contribution in [3.05, 3.63) is 35.9 Å². The molecule has 0 spiro atoms. The molecular formula is C31H49N5O4. The van der Waals surface area contributed by atoms with Crippen LogP contribution in [-0.4, -0.2) is 72.7 Å². The predicted octanol–water partition coefficient (Wildman–Crippen LogP) is 2.18. The smallest absolute Gasteiger partial charge is 0.243 e. The molecule has 3 rings (SSSR count). The number of nitrogens with zero attached hydrogens (tertiary/aromatic N) is 1. The Morgan fingerprint density at radius 1 is 1.02 bits per heavy atom. The molecule has 0 unspecified atom stereocenters. The van der Waals surface area contributed by atoms with Crippen molar-refractivity contribution < 1.29 is 19.2 Å². The number of likely N-dealkylation sites (N-methyl/N-ethyl adjacent to an activating group) is 1. The fourth-order valence-electron chi connectivity index (χ4n) is 5.92. The van der Waals surface area contributed by atoms with E-state index in [0.29, 0.717) is 18.9 Å². The monoisotopic (exact) mass is 555 g/mol. The van der Waals surface area contributed by atoms with E-state index in [1.54, 1.807) is 18.9 Å². The van der Waals surface area contributed by atoms with Gasteiger partial charge in [-0.2, -0.15) is 0 Å². The third-order valence-electron chi connectivity index (χ3n) is 8.71. The van der Waals surface area contributed by atoms with Gasteiger partial charge < -0.3 is 26.6 Å². The maximum absolute atomic E-state index is 14.0. The molecule has 222 valence electrons. The zero-order chi connectivity index (χ0) is 29.2. The van der Waals surface area contributed by atoms with Crippen molar-refractivity contribution >= 4 is 23.5 Å². The van der Waals surface area contributed by atoms with E-state index in [1.165, 1.54) is 32.1 Å². The Balaban J connectivity index is 1.77. The Labute approximate surface area is 239 Å². The molecule has 1 saturated carbocycles. The number of carbonyl (C=O) groups excluding carboxylic acids is 4. The first-order valence-corrected chi connectivity index (χ1v) is 15.0. The van der Waals surface area contributed by atoms with Crippen molar-refractivity contribution in [2.75, 3.05) is 20.1 Å². The Morgan fingerprint density at radius 3 is 2.30 bits per heavy atom. The van der Waals surface area contributed by atoms with Gasteiger partial charge in [0.2, 0.25) is 17.7 Å². The molecule has 2 fully saturated rings. The molecule has 1 heterocycles. The van der Waals surface area contributed by atoms with Gasteiger partial charge in [-0.1, -0.05) is 63.4 Å². The molecule has 1 aromatic carbocycles. The van der Waals surface area contributed by atoms with Crippen molar-refractivity contribution in [1.82, 2.24) is 20.9 Å². The van der Waals surface area contributed by atoms with Gasteiger partial charge in [-0.25, -0.2) is 0 Å². The molecule has 2 aliphatic rings.